The van der Waals surface area contributed by atoms with Gasteiger partial charge in [0.15, 0.2) is 0 Å². The van der Waals surface area contributed by atoms with Gasteiger partial charge in [0, 0.05) is 11.1 Å². The van der Waals surface area contributed by atoms with Crippen LogP contribution in [0.1, 0.15) is 24.2 Å². The quantitative estimate of drug-likeness (QED) is 0.895. The molecule has 0 saturated carbocycles. The highest BCUT2D eigenvalue weighted by atomic mass is 16.5. The number of aliphatic hydroxyl groups excluding tert-OH is 1. The van der Waals surface area contributed by atoms with E-state index in [1.165, 1.54) is 0 Å². The lowest BCUT2D eigenvalue weighted by molar-refractivity contribution is 0.207. The van der Waals surface area contributed by atoms with E-state index in [1.54, 1.807) is 7.11 Å². The molecule has 0 aliphatic rings. The Morgan fingerprint density at radius 1 is 0.947 bits per heavy atom. The van der Waals surface area contributed by atoms with Crippen molar-refractivity contribution in [1.82, 2.24) is 0 Å². The minimum absolute atomic E-state index is 0.565. The van der Waals surface area contributed by atoms with Gasteiger partial charge in [-0.1, -0.05) is 36.4 Å². The summed E-state index contributed by atoms with van der Waals surface area (Å²) >= 11 is 0. The first-order chi connectivity index (χ1) is 9.27. The van der Waals surface area contributed by atoms with Crippen molar-refractivity contribution in [2.24, 2.45) is 0 Å². The maximum atomic E-state index is 10.6. The Bertz CT molecular complexity index is 537. The van der Waals surface area contributed by atoms with Gasteiger partial charge in [0.05, 0.1) is 13.7 Å². The van der Waals surface area contributed by atoms with Gasteiger partial charge in [0.1, 0.15) is 17.6 Å². The maximum absolute atomic E-state index is 10.6. The van der Waals surface area contributed by atoms with Gasteiger partial charge < -0.3 is 14.6 Å². The summed E-state index contributed by atoms with van der Waals surface area (Å²) in [6, 6.07) is 14.9. The standard InChI is InChI=1S/C16H18O3/c1-3-19-15-11-7-5-9-13(15)16(17)12-8-4-6-10-14(12)18-2/h4-11,16-17H,3H2,1-2H3. The fourth-order valence-corrected chi connectivity index (χ4v) is 2.05. The highest BCUT2D eigenvalue weighted by Gasteiger charge is 2.18. The molecule has 19 heavy (non-hydrogen) atoms. The lowest BCUT2D eigenvalue weighted by atomic mass is 10.00. The summed E-state index contributed by atoms with van der Waals surface area (Å²) in [5.74, 6) is 1.37. The number of methoxy groups -OCH3 is 1. The van der Waals surface area contributed by atoms with Crippen LogP contribution in [-0.4, -0.2) is 18.8 Å². The Morgan fingerprint density at radius 3 is 2.05 bits per heavy atom. The Labute approximate surface area is 113 Å². The molecule has 0 saturated heterocycles. The molecule has 0 radical (unpaired) electrons. The molecular formula is C16H18O3. The van der Waals surface area contributed by atoms with E-state index >= 15 is 0 Å². The molecule has 0 bridgehead atoms. The molecular weight excluding hydrogens is 240 g/mol. The van der Waals surface area contributed by atoms with Gasteiger partial charge in [0.25, 0.3) is 0 Å². The molecule has 0 spiro atoms. The normalized spacial score (nSPS) is 11.9. The molecule has 0 aliphatic carbocycles. The van der Waals surface area contributed by atoms with Gasteiger partial charge in [-0.25, -0.2) is 0 Å². The largest absolute Gasteiger partial charge is 0.496 e. The van der Waals surface area contributed by atoms with Gasteiger partial charge in [-0.05, 0) is 19.1 Å². The van der Waals surface area contributed by atoms with E-state index in [2.05, 4.69) is 0 Å². The molecule has 2 rings (SSSR count). The number of para-hydroxylation sites is 2. The summed E-state index contributed by atoms with van der Waals surface area (Å²) in [6.45, 7) is 2.49. The maximum Gasteiger partial charge on any atom is 0.125 e. The molecule has 0 aromatic heterocycles. The average molecular weight is 258 g/mol. The number of aliphatic hydroxyl groups is 1. The number of hydrogen-bond donors (Lipinski definition) is 1. The Hall–Kier alpha value is -2.00. The van der Waals surface area contributed by atoms with Crippen molar-refractivity contribution in [2.75, 3.05) is 13.7 Å². The fourth-order valence-electron chi connectivity index (χ4n) is 2.05. The predicted molar refractivity (Wildman–Crippen MR) is 74.7 cm³/mol. The molecule has 1 atom stereocenters. The van der Waals surface area contributed by atoms with E-state index in [0.29, 0.717) is 18.1 Å². The molecule has 1 unspecified atom stereocenters. The SMILES string of the molecule is CCOc1ccccc1C(O)c1ccccc1OC. The van der Waals surface area contributed by atoms with Crippen molar-refractivity contribution in [3.8, 4) is 11.5 Å². The van der Waals surface area contributed by atoms with Gasteiger partial charge in [-0.15, -0.1) is 0 Å². The topological polar surface area (TPSA) is 38.7 Å². The Morgan fingerprint density at radius 2 is 1.47 bits per heavy atom. The molecule has 100 valence electrons. The monoisotopic (exact) mass is 258 g/mol. The third-order valence-electron chi connectivity index (χ3n) is 2.95. The van der Waals surface area contributed by atoms with Crippen molar-refractivity contribution < 1.29 is 14.6 Å². The first-order valence-corrected chi connectivity index (χ1v) is 6.30. The van der Waals surface area contributed by atoms with Gasteiger partial charge in [-0.2, -0.15) is 0 Å². The number of rotatable bonds is 5. The second-order valence-electron chi connectivity index (χ2n) is 4.12. The van der Waals surface area contributed by atoms with Crippen molar-refractivity contribution in [3.05, 3.63) is 59.7 Å². The third kappa shape index (κ3) is 2.88. The van der Waals surface area contributed by atoms with Crippen LogP contribution in [0.2, 0.25) is 0 Å². The van der Waals surface area contributed by atoms with Crippen LogP contribution in [0.3, 0.4) is 0 Å². The molecule has 2 aromatic rings. The van der Waals surface area contributed by atoms with Gasteiger partial charge in [-0.3, -0.25) is 0 Å². The van der Waals surface area contributed by atoms with Crippen molar-refractivity contribution >= 4 is 0 Å². The van der Waals surface area contributed by atoms with Crippen LogP contribution in [0.25, 0.3) is 0 Å². The van der Waals surface area contributed by atoms with E-state index in [1.807, 2.05) is 55.5 Å². The lowest BCUT2D eigenvalue weighted by Gasteiger charge is -2.18. The van der Waals surface area contributed by atoms with E-state index in [4.69, 9.17) is 9.47 Å². The molecule has 3 heteroatoms. The highest BCUT2D eigenvalue weighted by Crippen LogP contribution is 2.34. The molecule has 0 amide bonds. The second kappa shape index (κ2) is 6.25. The first kappa shape index (κ1) is 13.4. The zero-order valence-corrected chi connectivity index (χ0v) is 11.2. The summed E-state index contributed by atoms with van der Waals surface area (Å²) < 4.78 is 10.8. The Kier molecular flexibility index (Phi) is 4.42. The molecule has 0 aliphatic heterocycles. The lowest BCUT2D eigenvalue weighted by Crippen LogP contribution is -2.05. The zero-order valence-electron chi connectivity index (χ0n) is 11.2. The fraction of sp³-hybridized carbons (Fsp3) is 0.250. The van der Waals surface area contributed by atoms with Crippen LogP contribution in [0.4, 0.5) is 0 Å². The molecule has 0 fully saturated rings. The molecule has 2 aromatic carbocycles. The van der Waals surface area contributed by atoms with Crippen LogP contribution >= 0.6 is 0 Å². The predicted octanol–water partition coefficient (Wildman–Crippen LogP) is 3.18. The molecule has 3 nitrogen and oxygen atoms in total. The Balaban J connectivity index is 2.41. The smallest absolute Gasteiger partial charge is 0.125 e. The van der Waals surface area contributed by atoms with E-state index in [9.17, 15) is 5.11 Å². The van der Waals surface area contributed by atoms with Crippen LogP contribution in [0.5, 0.6) is 11.5 Å². The van der Waals surface area contributed by atoms with Crippen LogP contribution in [-0.2, 0) is 0 Å². The number of benzene rings is 2. The third-order valence-corrected chi connectivity index (χ3v) is 2.95. The summed E-state index contributed by atoms with van der Waals surface area (Å²) in [4.78, 5) is 0. The second-order valence-corrected chi connectivity index (χ2v) is 4.12. The van der Waals surface area contributed by atoms with Gasteiger partial charge in [0.2, 0.25) is 0 Å². The number of ether oxygens (including phenoxy) is 2. The average Bonchev–Trinajstić information content (AvgIpc) is 2.47. The minimum atomic E-state index is -0.765. The van der Waals surface area contributed by atoms with Gasteiger partial charge >= 0.3 is 0 Å². The summed E-state index contributed by atoms with van der Waals surface area (Å²) in [5.41, 5.74) is 1.48. The summed E-state index contributed by atoms with van der Waals surface area (Å²) in [5, 5.41) is 10.6. The first-order valence-electron chi connectivity index (χ1n) is 6.30. The van der Waals surface area contributed by atoms with Crippen LogP contribution < -0.4 is 9.47 Å². The summed E-state index contributed by atoms with van der Waals surface area (Å²) in [7, 11) is 1.60. The minimum Gasteiger partial charge on any atom is -0.496 e. The summed E-state index contributed by atoms with van der Waals surface area (Å²) in [6.07, 6.45) is -0.765. The van der Waals surface area contributed by atoms with Crippen LogP contribution in [0.15, 0.2) is 48.5 Å². The number of hydrogen-bond acceptors (Lipinski definition) is 3. The van der Waals surface area contributed by atoms with Crippen molar-refractivity contribution in [3.63, 3.8) is 0 Å². The van der Waals surface area contributed by atoms with E-state index in [-0.39, 0.29) is 0 Å². The molecule has 0 heterocycles. The zero-order chi connectivity index (χ0) is 13.7. The van der Waals surface area contributed by atoms with Crippen LogP contribution in [0, 0.1) is 0 Å². The van der Waals surface area contributed by atoms with E-state index in [0.717, 1.165) is 11.1 Å². The highest BCUT2D eigenvalue weighted by molar-refractivity contribution is 5.45. The van der Waals surface area contributed by atoms with Crippen molar-refractivity contribution in [2.45, 2.75) is 13.0 Å². The van der Waals surface area contributed by atoms with Crippen molar-refractivity contribution in [1.29, 1.82) is 0 Å². The molecule has 1 N–H and O–H groups in total. The van der Waals surface area contributed by atoms with E-state index < -0.39 is 6.10 Å².